The van der Waals surface area contributed by atoms with Crippen LogP contribution >= 0.6 is 11.6 Å². The summed E-state index contributed by atoms with van der Waals surface area (Å²) in [7, 11) is 1.75. The average Bonchev–Trinajstić information content (AvgIpc) is 3.05. The van der Waals surface area contributed by atoms with E-state index in [-0.39, 0.29) is 12.3 Å². The van der Waals surface area contributed by atoms with Crippen LogP contribution < -0.4 is 0 Å². The Morgan fingerprint density at radius 3 is 2.67 bits per heavy atom. The molecule has 5 nitrogen and oxygen atoms in total. The minimum atomic E-state index is -0.0448. The number of likely N-dealkylation sites (N-methyl/N-ethyl adjacent to an activating group) is 1. The molecule has 0 saturated heterocycles. The maximum atomic E-state index is 12.3. The van der Waals surface area contributed by atoms with Crippen LogP contribution in [0.3, 0.4) is 0 Å². The van der Waals surface area contributed by atoms with Crippen LogP contribution in [-0.2, 0) is 17.8 Å². The molecule has 0 radical (unpaired) electrons. The van der Waals surface area contributed by atoms with Gasteiger partial charge in [-0.15, -0.1) is 0 Å². The summed E-state index contributed by atoms with van der Waals surface area (Å²) in [5.74, 6) is 0.429. The Morgan fingerprint density at radius 2 is 1.96 bits per heavy atom. The minimum Gasteiger partial charge on any atom is -0.444 e. The number of oxazole rings is 1. The molecule has 0 saturated carbocycles. The lowest BCUT2D eigenvalue weighted by Gasteiger charge is -2.15. The zero-order chi connectivity index (χ0) is 16.9. The molecular formula is C18H16ClN3O2. The number of nitrogens with zero attached hydrogens (tertiary/aromatic N) is 3. The largest absolute Gasteiger partial charge is 0.444 e. The number of benzene rings is 1. The highest BCUT2D eigenvalue weighted by Gasteiger charge is 2.14. The zero-order valence-electron chi connectivity index (χ0n) is 13.1. The first-order valence-corrected chi connectivity index (χ1v) is 7.84. The number of hydrogen-bond donors (Lipinski definition) is 0. The molecule has 0 aliphatic carbocycles. The Morgan fingerprint density at radius 1 is 1.17 bits per heavy atom. The molecule has 0 aliphatic rings. The van der Waals surface area contributed by atoms with Gasteiger partial charge in [0, 0.05) is 23.8 Å². The van der Waals surface area contributed by atoms with Crippen molar-refractivity contribution < 1.29 is 9.21 Å². The van der Waals surface area contributed by atoms with Crippen LogP contribution in [0, 0.1) is 0 Å². The third-order valence-corrected chi connectivity index (χ3v) is 3.78. The molecule has 2 heterocycles. The molecule has 2 aromatic heterocycles. The van der Waals surface area contributed by atoms with Crippen molar-refractivity contribution in [1.29, 1.82) is 0 Å². The van der Waals surface area contributed by atoms with Gasteiger partial charge in [0.05, 0.1) is 24.4 Å². The van der Waals surface area contributed by atoms with Gasteiger partial charge in [-0.2, -0.15) is 0 Å². The molecule has 1 amide bonds. The SMILES string of the molecule is CN(Cc1ccccn1)C(=O)Cc1coc(-c2ccc(Cl)cc2)n1. The van der Waals surface area contributed by atoms with Crippen molar-refractivity contribution in [2.75, 3.05) is 7.05 Å². The summed E-state index contributed by atoms with van der Waals surface area (Å²) in [6.45, 7) is 0.460. The van der Waals surface area contributed by atoms with Crippen molar-refractivity contribution in [2.24, 2.45) is 0 Å². The van der Waals surface area contributed by atoms with E-state index in [1.807, 2.05) is 30.3 Å². The van der Waals surface area contributed by atoms with Crippen molar-refractivity contribution in [1.82, 2.24) is 14.9 Å². The van der Waals surface area contributed by atoms with E-state index in [4.69, 9.17) is 16.0 Å². The molecular weight excluding hydrogens is 326 g/mol. The number of rotatable bonds is 5. The van der Waals surface area contributed by atoms with E-state index in [1.165, 1.54) is 6.26 Å². The van der Waals surface area contributed by atoms with Crippen LogP contribution in [0.25, 0.3) is 11.5 Å². The number of halogens is 1. The number of hydrogen-bond acceptors (Lipinski definition) is 4. The van der Waals surface area contributed by atoms with Crippen molar-refractivity contribution >= 4 is 17.5 Å². The molecule has 6 heteroatoms. The van der Waals surface area contributed by atoms with Crippen molar-refractivity contribution in [2.45, 2.75) is 13.0 Å². The fraction of sp³-hybridized carbons (Fsp3) is 0.167. The summed E-state index contributed by atoms with van der Waals surface area (Å²) in [6, 6.07) is 12.8. The molecule has 0 N–H and O–H groups in total. The number of amides is 1. The Labute approximate surface area is 144 Å². The van der Waals surface area contributed by atoms with Gasteiger partial charge in [0.2, 0.25) is 11.8 Å². The summed E-state index contributed by atoms with van der Waals surface area (Å²) >= 11 is 5.87. The van der Waals surface area contributed by atoms with Crippen LogP contribution in [0.15, 0.2) is 59.3 Å². The Kier molecular flexibility index (Phi) is 4.91. The predicted octanol–water partition coefficient (Wildman–Crippen LogP) is 3.59. The normalized spacial score (nSPS) is 10.6. The summed E-state index contributed by atoms with van der Waals surface area (Å²) < 4.78 is 5.45. The lowest BCUT2D eigenvalue weighted by Crippen LogP contribution is -2.28. The molecule has 0 spiro atoms. The molecule has 3 rings (SSSR count). The van der Waals surface area contributed by atoms with E-state index < -0.39 is 0 Å². The first-order chi connectivity index (χ1) is 11.6. The molecule has 3 aromatic rings. The van der Waals surface area contributed by atoms with Crippen molar-refractivity contribution in [3.05, 3.63) is 71.3 Å². The maximum Gasteiger partial charge on any atom is 0.228 e. The predicted molar refractivity (Wildman–Crippen MR) is 91.4 cm³/mol. The van der Waals surface area contributed by atoms with E-state index >= 15 is 0 Å². The van der Waals surface area contributed by atoms with Gasteiger partial charge in [-0.1, -0.05) is 17.7 Å². The molecule has 0 bridgehead atoms. The highest BCUT2D eigenvalue weighted by molar-refractivity contribution is 6.30. The van der Waals surface area contributed by atoms with Gasteiger partial charge >= 0.3 is 0 Å². The second kappa shape index (κ2) is 7.27. The van der Waals surface area contributed by atoms with Crippen LogP contribution in [-0.4, -0.2) is 27.8 Å². The second-order valence-corrected chi connectivity index (χ2v) is 5.83. The van der Waals surface area contributed by atoms with E-state index in [2.05, 4.69) is 9.97 Å². The Balaban J connectivity index is 1.63. The summed E-state index contributed by atoms with van der Waals surface area (Å²) in [6.07, 6.45) is 3.40. The van der Waals surface area contributed by atoms with E-state index in [0.717, 1.165) is 11.3 Å². The van der Waals surface area contributed by atoms with Crippen LogP contribution in [0.2, 0.25) is 5.02 Å². The average molecular weight is 342 g/mol. The van der Waals surface area contributed by atoms with Crippen LogP contribution in [0.4, 0.5) is 0 Å². The number of carbonyl (C=O) groups is 1. The topological polar surface area (TPSA) is 59.2 Å². The number of aromatic nitrogens is 2. The lowest BCUT2D eigenvalue weighted by molar-refractivity contribution is -0.129. The van der Waals surface area contributed by atoms with Crippen LogP contribution in [0.5, 0.6) is 0 Å². The van der Waals surface area contributed by atoms with E-state index in [0.29, 0.717) is 23.2 Å². The van der Waals surface area contributed by atoms with E-state index in [9.17, 15) is 4.79 Å². The van der Waals surface area contributed by atoms with Crippen LogP contribution in [0.1, 0.15) is 11.4 Å². The van der Waals surface area contributed by atoms with Gasteiger partial charge in [-0.3, -0.25) is 9.78 Å². The van der Waals surface area contributed by atoms with Gasteiger partial charge in [0.25, 0.3) is 0 Å². The molecule has 1 aromatic carbocycles. The number of pyridine rings is 1. The number of carbonyl (C=O) groups excluding carboxylic acids is 1. The third kappa shape index (κ3) is 4.00. The molecule has 24 heavy (non-hydrogen) atoms. The Hall–Kier alpha value is -2.66. The summed E-state index contributed by atoms with van der Waals surface area (Å²) in [5.41, 5.74) is 2.26. The first kappa shape index (κ1) is 16.2. The highest BCUT2D eigenvalue weighted by atomic mass is 35.5. The summed E-state index contributed by atoms with van der Waals surface area (Å²) in [5, 5.41) is 0.650. The van der Waals surface area contributed by atoms with E-state index in [1.54, 1.807) is 30.3 Å². The van der Waals surface area contributed by atoms with Gasteiger partial charge in [0.15, 0.2) is 0 Å². The smallest absolute Gasteiger partial charge is 0.228 e. The molecule has 0 unspecified atom stereocenters. The summed E-state index contributed by atoms with van der Waals surface area (Å²) in [4.78, 5) is 22.5. The maximum absolute atomic E-state index is 12.3. The van der Waals surface area contributed by atoms with Gasteiger partial charge in [0.1, 0.15) is 6.26 Å². The van der Waals surface area contributed by atoms with Crippen molar-refractivity contribution in [3.8, 4) is 11.5 Å². The van der Waals surface area contributed by atoms with Gasteiger partial charge in [-0.25, -0.2) is 4.98 Å². The van der Waals surface area contributed by atoms with Gasteiger partial charge in [-0.05, 0) is 36.4 Å². The second-order valence-electron chi connectivity index (χ2n) is 5.40. The zero-order valence-corrected chi connectivity index (χ0v) is 13.9. The monoisotopic (exact) mass is 341 g/mol. The standard InChI is InChI=1S/C18H16ClN3O2/c1-22(11-15-4-2-3-9-20-15)17(23)10-16-12-24-18(21-16)13-5-7-14(19)8-6-13/h2-9,12H,10-11H2,1H3. The lowest BCUT2D eigenvalue weighted by atomic mass is 10.2. The fourth-order valence-electron chi connectivity index (χ4n) is 2.23. The Bertz CT molecular complexity index is 816. The third-order valence-electron chi connectivity index (χ3n) is 3.53. The quantitative estimate of drug-likeness (QED) is 0.711. The minimum absolute atomic E-state index is 0.0448. The first-order valence-electron chi connectivity index (χ1n) is 7.46. The fourth-order valence-corrected chi connectivity index (χ4v) is 2.35. The van der Waals surface area contributed by atoms with Crippen molar-refractivity contribution in [3.63, 3.8) is 0 Å². The molecule has 122 valence electrons. The molecule has 0 fully saturated rings. The highest BCUT2D eigenvalue weighted by Crippen LogP contribution is 2.21. The molecule has 0 aliphatic heterocycles. The van der Waals surface area contributed by atoms with Gasteiger partial charge < -0.3 is 9.32 Å². The molecule has 0 atom stereocenters.